The fraction of sp³-hybridized carbons (Fsp3) is 0.625. The molecular weight excluding hydrogens is 332 g/mol. The van der Waals surface area contributed by atoms with E-state index in [1.54, 1.807) is 4.90 Å². The number of aryl methyl sites for hydroxylation is 1. The number of carbonyl (C=O) groups excluding carboxylic acids is 2. The molecule has 3 aliphatic heterocycles. The van der Waals surface area contributed by atoms with Crippen LogP contribution in [0.3, 0.4) is 0 Å². The fourth-order valence-electron chi connectivity index (χ4n) is 4.03. The lowest BCUT2D eigenvalue weighted by molar-refractivity contribution is 0.0743. The van der Waals surface area contributed by atoms with Crippen LogP contribution in [0.2, 0.25) is 0 Å². The Hall–Kier alpha value is -1.83. The fourth-order valence-corrected chi connectivity index (χ4v) is 6.23. The SMILES string of the molecule is O=C1NCCCc2oc(C(=O)N3CCC4(CCS(=O)(=O)C4)C3)cc21. The normalized spacial score (nSPS) is 28.7. The third kappa shape index (κ3) is 2.62. The Kier molecular flexibility index (Phi) is 3.49. The molecule has 130 valence electrons. The number of nitrogens with zero attached hydrogens (tertiary/aromatic N) is 1. The predicted octanol–water partition coefficient (Wildman–Crippen LogP) is 0.606. The van der Waals surface area contributed by atoms with Gasteiger partial charge in [-0.25, -0.2) is 8.42 Å². The van der Waals surface area contributed by atoms with Crippen molar-refractivity contribution in [2.45, 2.75) is 25.7 Å². The summed E-state index contributed by atoms with van der Waals surface area (Å²) < 4.78 is 29.2. The van der Waals surface area contributed by atoms with Crippen LogP contribution >= 0.6 is 0 Å². The van der Waals surface area contributed by atoms with Gasteiger partial charge in [-0.05, 0) is 19.3 Å². The molecule has 0 aromatic carbocycles. The highest BCUT2D eigenvalue weighted by Gasteiger charge is 2.48. The molecule has 2 amide bonds. The maximum absolute atomic E-state index is 12.7. The maximum Gasteiger partial charge on any atom is 0.289 e. The number of rotatable bonds is 1. The first kappa shape index (κ1) is 15.7. The molecule has 0 saturated carbocycles. The monoisotopic (exact) mass is 352 g/mol. The van der Waals surface area contributed by atoms with E-state index in [2.05, 4.69) is 5.32 Å². The van der Waals surface area contributed by atoms with Gasteiger partial charge in [0.05, 0.1) is 17.1 Å². The summed E-state index contributed by atoms with van der Waals surface area (Å²) in [5, 5.41) is 2.78. The van der Waals surface area contributed by atoms with Crippen molar-refractivity contribution < 1.29 is 22.4 Å². The van der Waals surface area contributed by atoms with Crippen LogP contribution in [-0.4, -0.2) is 56.3 Å². The summed E-state index contributed by atoms with van der Waals surface area (Å²) in [5.41, 5.74) is 0.142. The Morgan fingerprint density at radius 3 is 2.92 bits per heavy atom. The highest BCUT2D eigenvalue weighted by molar-refractivity contribution is 7.91. The van der Waals surface area contributed by atoms with Crippen molar-refractivity contribution >= 4 is 21.7 Å². The van der Waals surface area contributed by atoms with Crippen molar-refractivity contribution in [3.63, 3.8) is 0 Å². The molecule has 8 heteroatoms. The number of carbonyl (C=O) groups is 2. The van der Waals surface area contributed by atoms with E-state index in [4.69, 9.17) is 4.42 Å². The van der Waals surface area contributed by atoms with E-state index in [-0.39, 0.29) is 34.5 Å². The van der Waals surface area contributed by atoms with Gasteiger partial charge in [-0.3, -0.25) is 9.59 Å². The molecule has 1 spiro atoms. The average molecular weight is 352 g/mol. The van der Waals surface area contributed by atoms with Gasteiger partial charge in [0.25, 0.3) is 11.8 Å². The minimum atomic E-state index is -2.98. The second-order valence-corrected chi connectivity index (χ2v) is 9.31. The Morgan fingerprint density at radius 1 is 1.33 bits per heavy atom. The van der Waals surface area contributed by atoms with Gasteiger partial charge in [0.15, 0.2) is 15.6 Å². The first-order chi connectivity index (χ1) is 11.4. The smallest absolute Gasteiger partial charge is 0.289 e. The lowest BCUT2D eigenvalue weighted by Crippen LogP contribution is -2.32. The number of nitrogens with one attached hydrogen (secondary N) is 1. The number of hydrogen-bond donors (Lipinski definition) is 1. The van der Waals surface area contributed by atoms with Crippen LogP contribution in [0, 0.1) is 5.41 Å². The molecule has 0 bridgehead atoms. The molecule has 2 saturated heterocycles. The van der Waals surface area contributed by atoms with E-state index in [1.165, 1.54) is 6.07 Å². The van der Waals surface area contributed by atoms with Gasteiger partial charge >= 0.3 is 0 Å². The third-order valence-corrected chi connectivity index (χ3v) is 7.20. The molecule has 0 radical (unpaired) electrons. The van der Waals surface area contributed by atoms with E-state index >= 15 is 0 Å². The van der Waals surface area contributed by atoms with Gasteiger partial charge in [0.2, 0.25) is 0 Å². The lowest BCUT2D eigenvalue weighted by Gasteiger charge is -2.21. The van der Waals surface area contributed by atoms with Crippen molar-refractivity contribution in [3.8, 4) is 0 Å². The van der Waals surface area contributed by atoms with Gasteiger partial charge in [-0.1, -0.05) is 0 Å². The van der Waals surface area contributed by atoms with Crippen molar-refractivity contribution in [1.29, 1.82) is 0 Å². The number of amides is 2. The molecule has 1 N–H and O–H groups in total. The summed E-state index contributed by atoms with van der Waals surface area (Å²) in [5.74, 6) is 0.660. The number of fused-ring (bicyclic) bond motifs is 1. The summed E-state index contributed by atoms with van der Waals surface area (Å²) >= 11 is 0. The minimum Gasteiger partial charge on any atom is -0.455 e. The van der Waals surface area contributed by atoms with E-state index in [0.717, 1.165) is 6.42 Å². The zero-order chi connectivity index (χ0) is 16.9. The van der Waals surface area contributed by atoms with Crippen molar-refractivity contribution in [2.75, 3.05) is 31.1 Å². The van der Waals surface area contributed by atoms with Crippen LogP contribution in [0.4, 0.5) is 0 Å². The number of sulfone groups is 1. The first-order valence-corrected chi connectivity index (χ1v) is 10.1. The Balaban J connectivity index is 1.53. The van der Waals surface area contributed by atoms with Crippen molar-refractivity contribution in [2.24, 2.45) is 5.41 Å². The molecule has 4 heterocycles. The second-order valence-electron chi connectivity index (χ2n) is 7.13. The zero-order valence-electron chi connectivity index (χ0n) is 13.3. The van der Waals surface area contributed by atoms with Crippen LogP contribution in [0.25, 0.3) is 0 Å². The van der Waals surface area contributed by atoms with Gasteiger partial charge in [-0.15, -0.1) is 0 Å². The molecule has 2 fully saturated rings. The summed E-state index contributed by atoms with van der Waals surface area (Å²) in [6.45, 7) is 1.59. The number of hydrogen-bond acceptors (Lipinski definition) is 5. The molecule has 1 aromatic heterocycles. The molecule has 1 aromatic rings. The molecule has 0 aliphatic carbocycles. The van der Waals surface area contributed by atoms with Crippen LogP contribution in [0.5, 0.6) is 0 Å². The summed E-state index contributed by atoms with van der Waals surface area (Å²) in [7, 11) is -2.98. The predicted molar refractivity (Wildman–Crippen MR) is 85.6 cm³/mol. The van der Waals surface area contributed by atoms with Gasteiger partial charge < -0.3 is 14.6 Å². The summed E-state index contributed by atoms with van der Waals surface area (Å²) in [6.07, 6.45) is 2.74. The summed E-state index contributed by atoms with van der Waals surface area (Å²) in [4.78, 5) is 26.3. The van der Waals surface area contributed by atoms with Crippen LogP contribution < -0.4 is 5.32 Å². The Labute approximate surface area is 140 Å². The van der Waals surface area contributed by atoms with Crippen molar-refractivity contribution in [1.82, 2.24) is 10.2 Å². The van der Waals surface area contributed by atoms with Crippen LogP contribution in [0.1, 0.15) is 45.9 Å². The molecular formula is C16H20N2O5S. The lowest BCUT2D eigenvalue weighted by atomic mass is 9.87. The molecule has 7 nitrogen and oxygen atoms in total. The standard InChI is InChI=1S/C16H20N2O5S/c19-14-11-8-13(23-12(11)2-1-5-17-14)15(20)18-6-3-16(9-18)4-7-24(21,22)10-16/h8H,1-7,9-10H2,(H,17,19). The molecule has 1 atom stereocenters. The van der Waals surface area contributed by atoms with Crippen molar-refractivity contribution in [3.05, 3.63) is 23.2 Å². The van der Waals surface area contributed by atoms with Crippen LogP contribution in [-0.2, 0) is 16.3 Å². The third-order valence-electron chi connectivity index (χ3n) is 5.33. The quantitative estimate of drug-likeness (QED) is 0.799. The van der Waals surface area contributed by atoms with Crippen LogP contribution in [0.15, 0.2) is 10.5 Å². The number of likely N-dealkylation sites (tertiary alicyclic amines) is 1. The topological polar surface area (TPSA) is 96.7 Å². The first-order valence-electron chi connectivity index (χ1n) is 8.28. The second kappa shape index (κ2) is 5.34. The number of furan rings is 1. The molecule has 4 rings (SSSR count). The highest BCUT2D eigenvalue weighted by atomic mass is 32.2. The largest absolute Gasteiger partial charge is 0.455 e. The van der Waals surface area contributed by atoms with E-state index in [1.807, 2.05) is 0 Å². The minimum absolute atomic E-state index is 0.168. The zero-order valence-corrected chi connectivity index (χ0v) is 14.2. The van der Waals surface area contributed by atoms with E-state index in [0.29, 0.717) is 50.2 Å². The van der Waals surface area contributed by atoms with Gasteiger partial charge in [-0.2, -0.15) is 0 Å². The highest BCUT2D eigenvalue weighted by Crippen LogP contribution is 2.41. The maximum atomic E-state index is 12.7. The molecule has 24 heavy (non-hydrogen) atoms. The Morgan fingerprint density at radius 2 is 2.17 bits per heavy atom. The van der Waals surface area contributed by atoms with Gasteiger partial charge in [0.1, 0.15) is 5.76 Å². The average Bonchev–Trinajstić information content (AvgIpc) is 3.18. The van der Waals surface area contributed by atoms with E-state index < -0.39 is 9.84 Å². The molecule has 1 unspecified atom stereocenters. The Bertz CT molecular complexity index is 812. The molecule has 3 aliphatic rings. The van der Waals surface area contributed by atoms with E-state index in [9.17, 15) is 18.0 Å². The van der Waals surface area contributed by atoms with Gasteiger partial charge in [0, 0.05) is 37.5 Å². The summed E-state index contributed by atoms with van der Waals surface area (Å²) in [6, 6.07) is 1.52.